The molecular weight excluding hydrogens is 338 g/mol. The Bertz CT molecular complexity index is 498. The molecule has 4 N–H and O–H groups in total. The third-order valence-corrected chi connectivity index (χ3v) is 7.05. The Labute approximate surface area is 164 Å². The normalized spacial score (nSPS) is 34.1. The molecule has 0 aromatic rings. The Kier molecular flexibility index (Phi) is 8.38. The molecule has 0 aliphatic heterocycles. The lowest BCUT2D eigenvalue weighted by atomic mass is 9.89. The molecule has 0 unspecified atom stereocenters. The van der Waals surface area contributed by atoms with Gasteiger partial charge >= 0.3 is 0 Å². The number of nitrogens with one attached hydrogen (secondary N) is 1. The minimum Gasteiger partial charge on any atom is -0.395 e. The van der Waals surface area contributed by atoms with Crippen LogP contribution in [0.4, 0.5) is 0 Å². The SMILES string of the molecule is OCCNCCCC/C=C1\C[C@H]2C[C@@H](O)[C@H](/C=C/[C@@H](O)C3CCCC3)[C@H]2C1. The molecule has 27 heavy (non-hydrogen) atoms. The van der Waals surface area contributed by atoms with E-state index in [0.717, 1.165) is 51.5 Å². The highest BCUT2D eigenvalue weighted by atomic mass is 16.3. The molecule has 3 aliphatic carbocycles. The number of hydrogen-bond donors (Lipinski definition) is 4. The first-order chi connectivity index (χ1) is 13.2. The number of unbranched alkanes of at least 4 members (excludes halogenated alkanes) is 2. The van der Waals surface area contributed by atoms with Crippen molar-refractivity contribution < 1.29 is 15.3 Å². The van der Waals surface area contributed by atoms with Crippen molar-refractivity contribution in [1.29, 1.82) is 0 Å². The minimum absolute atomic E-state index is 0.214. The Morgan fingerprint density at radius 1 is 1.11 bits per heavy atom. The predicted molar refractivity (Wildman–Crippen MR) is 109 cm³/mol. The van der Waals surface area contributed by atoms with Crippen LogP contribution >= 0.6 is 0 Å². The standard InChI is InChI=1S/C23H39NO3/c25-13-12-24-11-5-1-2-6-17-14-19-16-23(27)20(21(19)15-17)9-10-22(26)18-7-3-4-8-18/h6,9-10,18-27H,1-5,7-8,11-16H2/b10-9+,17-6+/t19-,20+,21-,22+,23+/m0/s1. The molecule has 3 rings (SSSR count). The van der Waals surface area contributed by atoms with Crippen LogP contribution < -0.4 is 5.32 Å². The van der Waals surface area contributed by atoms with E-state index in [1.807, 2.05) is 6.08 Å². The molecule has 0 radical (unpaired) electrons. The van der Waals surface area contributed by atoms with Crippen LogP contribution in [0.3, 0.4) is 0 Å². The van der Waals surface area contributed by atoms with Gasteiger partial charge in [-0.15, -0.1) is 0 Å². The molecule has 0 aromatic heterocycles. The topological polar surface area (TPSA) is 72.7 Å². The Balaban J connectivity index is 1.43. The lowest BCUT2D eigenvalue weighted by molar-refractivity contribution is 0.135. The van der Waals surface area contributed by atoms with Gasteiger partial charge in [-0.3, -0.25) is 0 Å². The second-order valence-corrected chi connectivity index (χ2v) is 8.96. The fourth-order valence-electron chi connectivity index (χ4n) is 5.54. The fourth-order valence-corrected chi connectivity index (χ4v) is 5.54. The summed E-state index contributed by atoms with van der Waals surface area (Å²) in [5, 5.41) is 32.9. The number of fused-ring (bicyclic) bond motifs is 1. The molecule has 3 saturated carbocycles. The van der Waals surface area contributed by atoms with E-state index in [0.29, 0.717) is 24.3 Å². The van der Waals surface area contributed by atoms with E-state index in [2.05, 4.69) is 17.5 Å². The van der Waals surface area contributed by atoms with E-state index in [4.69, 9.17) is 5.11 Å². The highest BCUT2D eigenvalue weighted by Gasteiger charge is 2.45. The zero-order chi connectivity index (χ0) is 19.1. The second-order valence-electron chi connectivity index (χ2n) is 8.96. The first-order valence-corrected chi connectivity index (χ1v) is 11.2. The zero-order valence-electron chi connectivity index (χ0n) is 16.7. The molecular formula is C23H39NO3. The molecule has 0 amide bonds. The van der Waals surface area contributed by atoms with Gasteiger partial charge in [-0.2, -0.15) is 0 Å². The summed E-state index contributed by atoms with van der Waals surface area (Å²) < 4.78 is 0. The lowest BCUT2D eigenvalue weighted by Gasteiger charge is -2.19. The molecule has 0 spiro atoms. The maximum Gasteiger partial charge on any atom is 0.0749 e. The molecule has 4 heteroatoms. The molecule has 0 saturated heterocycles. The van der Waals surface area contributed by atoms with Gasteiger partial charge in [0, 0.05) is 12.5 Å². The molecule has 3 aliphatic rings. The van der Waals surface area contributed by atoms with Gasteiger partial charge in [-0.05, 0) is 75.7 Å². The fraction of sp³-hybridized carbons (Fsp3) is 0.826. The van der Waals surface area contributed by atoms with Crippen LogP contribution in [0, 0.1) is 23.7 Å². The monoisotopic (exact) mass is 377 g/mol. The first-order valence-electron chi connectivity index (χ1n) is 11.2. The predicted octanol–water partition coefficient (Wildman–Crippen LogP) is 3.18. The number of allylic oxidation sites excluding steroid dienone is 2. The maximum atomic E-state index is 10.5. The van der Waals surface area contributed by atoms with Crippen molar-refractivity contribution >= 4 is 0 Å². The summed E-state index contributed by atoms with van der Waals surface area (Å²) in [4.78, 5) is 0. The van der Waals surface area contributed by atoms with Crippen LogP contribution in [0.25, 0.3) is 0 Å². The number of aliphatic hydroxyl groups is 3. The Morgan fingerprint density at radius 2 is 1.93 bits per heavy atom. The molecule has 0 aromatic carbocycles. The van der Waals surface area contributed by atoms with Gasteiger partial charge in [0.1, 0.15) is 0 Å². The Hall–Kier alpha value is -0.680. The zero-order valence-corrected chi connectivity index (χ0v) is 16.7. The van der Waals surface area contributed by atoms with Crippen molar-refractivity contribution in [1.82, 2.24) is 5.32 Å². The van der Waals surface area contributed by atoms with Gasteiger partial charge in [0.05, 0.1) is 18.8 Å². The van der Waals surface area contributed by atoms with Crippen molar-refractivity contribution in [2.24, 2.45) is 23.7 Å². The van der Waals surface area contributed by atoms with Gasteiger partial charge in [0.25, 0.3) is 0 Å². The van der Waals surface area contributed by atoms with Gasteiger partial charge in [-0.25, -0.2) is 0 Å². The first kappa shape index (κ1) is 21.0. The van der Waals surface area contributed by atoms with Crippen LogP contribution in [-0.4, -0.2) is 47.2 Å². The van der Waals surface area contributed by atoms with E-state index >= 15 is 0 Å². The van der Waals surface area contributed by atoms with Crippen molar-refractivity contribution in [3.8, 4) is 0 Å². The minimum atomic E-state index is -0.324. The number of aliphatic hydroxyl groups excluding tert-OH is 3. The van der Waals surface area contributed by atoms with Gasteiger partial charge < -0.3 is 20.6 Å². The molecule has 4 nitrogen and oxygen atoms in total. The van der Waals surface area contributed by atoms with Crippen molar-refractivity contribution in [2.75, 3.05) is 19.7 Å². The van der Waals surface area contributed by atoms with Crippen molar-refractivity contribution in [3.63, 3.8) is 0 Å². The molecule has 3 fully saturated rings. The third-order valence-electron chi connectivity index (χ3n) is 7.05. The summed E-state index contributed by atoms with van der Waals surface area (Å²) in [6.45, 7) is 1.89. The highest BCUT2D eigenvalue weighted by molar-refractivity contribution is 5.18. The largest absolute Gasteiger partial charge is 0.395 e. The maximum absolute atomic E-state index is 10.5. The van der Waals surface area contributed by atoms with Crippen LogP contribution in [0.2, 0.25) is 0 Å². The quantitative estimate of drug-likeness (QED) is 0.348. The summed E-state index contributed by atoms with van der Waals surface area (Å²) in [5.41, 5.74) is 1.58. The second kappa shape index (κ2) is 10.8. The summed E-state index contributed by atoms with van der Waals surface area (Å²) in [6, 6.07) is 0. The van der Waals surface area contributed by atoms with Crippen LogP contribution in [0.5, 0.6) is 0 Å². The van der Waals surface area contributed by atoms with E-state index in [1.165, 1.54) is 19.3 Å². The van der Waals surface area contributed by atoms with Crippen LogP contribution in [0.1, 0.15) is 64.2 Å². The van der Waals surface area contributed by atoms with Crippen LogP contribution in [0.15, 0.2) is 23.8 Å². The van der Waals surface area contributed by atoms with E-state index in [-0.39, 0.29) is 24.7 Å². The van der Waals surface area contributed by atoms with Gasteiger partial charge in [0.15, 0.2) is 0 Å². The number of rotatable bonds is 10. The number of hydrogen-bond acceptors (Lipinski definition) is 4. The lowest BCUT2D eigenvalue weighted by Crippen LogP contribution is -2.19. The highest BCUT2D eigenvalue weighted by Crippen LogP contribution is 2.50. The summed E-state index contributed by atoms with van der Waals surface area (Å²) in [6.07, 6.45) is 17.5. The summed E-state index contributed by atoms with van der Waals surface area (Å²) >= 11 is 0. The average molecular weight is 378 g/mol. The molecule has 5 atom stereocenters. The average Bonchev–Trinajstić information content (AvgIpc) is 3.36. The molecule has 0 heterocycles. The van der Waals surface area contributed by atoms with E-state index in [9.17, 15) is 10.2 Å². The van der Waals surface area contributed by atoms with Crippen molar-refractivity contribution in [3.05, 3.63) is 23.8 Å². The van der Waals surface area contributed by atoms with Crippen molar-refractivity contribution in [2.45, 2.75) is 76.4 Å². The smallest absolute Gasteiger partial charge is 0.0749 e. The van der Waals surface area contributed by atoms with E-state index < -0.39 is 0 Å². The van der Waals surface area contributed by atoms with Gasteiger partial charge in [0.2, 0.25) is 0 Å². The van der Waals surface area contributed by atoms with Gasteiger partial charge in [-0.1, -0.05) is 36.6 Å². The summed E-state index contributed by atoms with van der Waals surface area (Å²) in [5.74, 6) is 1.83. The van der Waals surface area contributed by atoms with Crippen LogP contribution in [-0.2, 0) is 0 Å². The van der Waals surface area contributed by atoms with E-state index in [1.54, 1.807) is 5.57 Å². The third kappa shape index (κ3) is 5.90. The molecule has 154 valence electrons. The summed E-state index contributed by atoms with van der Waals surface area (Å²) in [7, 11) is 0. The Morgan fingerprint density at radius 3 is 2.70 bits per heavy atom. The molecule has 0 bridgehead atoms.